The molecule has 6 atom stereocenters. The molecule has 5 heteroatoms. The van der Waals surface area contributed by atoms with Gasteiger partial charge in [0.1, 0.15) is 0 Å². The first-order valence-electron chi connectivity index (χ1n) is 12.0. The Kier molecular flexibility index (Phi) is 8.17. The maximum absolute atomic E-state index is 10.5. The molecule has 0 bridgehead atoms. The Morgan fingerprint density at radius 1 is 1.17 bits per heavy atom. The molecule has 0 saturated heterocycles. The summed E-state index contributed by atoms with van der Waals surface area (Å²) < 4.78 is 0. The van der Waals surface area contributed by atoms with Crippen LogP contribution in [0, 0.1) is 23.2 Å². The zero-order valence-corrected chi connectivity index (χ0v) is 18.8. The molecule has 1 amide bonds. The Hall–Kier alpha value is -1.17. The Labute approximate surface area is 181 Å². The highest BCUT2D eigenvalue weighted by molar-refractivity contribution is 5.44. The molecule has 3 aliphatic rings. The molecular weight excluding hydrogens is 378 g/mol. The summed E-state index contributed by atoms with van der Waals surface area (Å²) in [6.45, 7) is 5.31. The molecule has 0 aromatic heterocycles. The van der Waals surface area contributed by atoms with Crippen molar-refractivity contribution in [2.45, 2.75) is 96.7 Å². The number of rotatable bonds is 8. The summed E-state index contributed by atoms with van der Waals surface area (Å²) in [5.41, 5.74) is 3.11. The SMILES string of the molecule is C[C@H](CCCCN(O)C=O)[C@H]1CC[C@H]2/C(=C/C=C3C[C@@H](O)C[C@H](O)C3)CCC[C@]12C. The molecule has 3 aliphatic carbocycles. The van der Waals surface area contributed by atoms with E-state index in [1.807, 2.05) is 0 Å². The third kappa shape index (κ3) is 5.54. The van der Waals surface area contributed by atoms with Crippen LogP contribution in [-0.2, 0) is 4.79 Å². The molecule has 3 N–H and O–H groups in total. The number of nitrogens with zero attached hydrogens (tertiary/aromatic N) is 1. The van der Waals surface area contributed by atoms with E-state index in [1.165, 1.54) is 37.7 Å². The van der Waals surface area contributed by atoms with E-state index in [0.717, 1.165) is 30.2 Å². The molecular formula is C25H41NO4. The minimum atomic E-state index is -0.406. The minimum Gasteiger partial charge on any atom is -0.393 e. The van der Waals surface area contributed by atoms with E-state index in [1.54, 1.807) is 5.57 Å². The zero-order valence-electron chi connectivity index (χ0n) is 18.8. The summed E-state index contributed by atoms with van der Waals surface area (Å²) in [6, 6.07) is 0. The maximum Gasteiger partial charge on any atom is 0.233 e. The van der Waals surface area contributed by atoms with E-state index >= 15 is 0 Å². The van der Waals surface area contributed by atoms with Gasteiger partial charge in [-0.3, -0.25) is 10.0 Å². The van der Waals surface area contributed by atoms with Crippen LogP contribution in [-0.4, -0.2) is 45.6 Å². The van der Waals surface area contributed by atoms with Crippen molar-refractivity contribution in [1.29, 1.82) is 0 Å². The average Bonchev–Trinajstić information content (AvgIpc) is 3.06. The first-order chi connectivity index (χ1) is 14.3. The van der Waals surface area contributed by atoms with E-state index < -0.39 is 12.2 Å². The predicted molar refractivity (Wildman–Crippen MR) is 118 cm³/mol. The van der Waals surface area contributed by atoms with Crippen LogP contribution in [0.1, 0.15) is 84.5 Å². The fraction of sp³-hybridized carbons (Fsp3) is 0.800. The number of fused-ring (bicyclic) bond motifs is 1. The highest BCUT2D eigenvalue weighted by atomic mass is 16.5. The molecule has 0 heterocycles. The second-order valence-corrected chi connectivity index (χ2v) is 10.4. The van der Waals surface area contributed by atoms with Crippen LogP contribution >= 0.6 is 0 Å². The van der Waals surface area contributed by atoms with Gasteiger partial charge in [0, 0.05) is 6.54 Å². The second kappa shape index (κ2) is 10.4. The number of unbranched alkanes of at least 4 members (excludes halogenated alkanes) is 1. The first-order valence-corrected chi connectivity index (χ1v) is 12.0. The number of hydrogen-bond acceptors (Lipinski definition) is 4. The van der Waals surface area contributed by atoms with Crippen molar-refractivity contribution >= 4 is 6.41 Å². The van der Waals surface area contributed by atoms with Gasteiger partial charge >= 0.3 is 0 Å². The van der Waals surface area contributed by atoms with Crippen molar-refractivity contribution in [3.8, 4) is 0 Å². The largest absolute Gasteiger partial charge is 0.393 e. The molecule has 0 aliphatic heterocycles. The maximum atomic E-state index is 10.5. The molecule has 0 aromatic rings. The Balaban J connectivity index is 1.61. The van der Waals surface area contributed by atoms with Crippen LogP contribution in [0.3, 0.4) is 0 Å². The highest BCUT2D eigenvalue weighted by Gasteiger charge is 2.50. The molecule has 30 heavy (non-hydrogen) atoms. The van der Waals surface area contributed by atoms with E-state index in [9.17, 15) is 20.2 Å². The van der Waals surface area contributed by atoms with E-state index in [4.69, 9.17) is 0 Å². The fourth-order valence-electron chi connectivity index (χ4n) is 6.74. The quantitative estimate of drug-likeness (QED) is 0.232. The third-order valence-corrected chi connectivity index (χ3v) is 8.22. The molecule has 0 unspecified atom stereocenters. The van der Waals surface area contributed by atoms with E-state index in [0.29, 0.717) is 49.5 Å². The average molecular weight is 420 g/mol. The monoisotopic (exact) mass is 419 g/mol. The van der Waals surface area contributed by atoms with Crippen molar-refractivity contribution in [2.24, 2.45) is 23.2 Å². The Morgan fingerprint density at radius 2 is 1.90 bits per heavy atom. The van der Waals surface area contributed by atoms with Gasteiger partial charge in [0.05, 0.1) is 12.2 Å². The van der Waals surface area contributed by atoms with E-state index in [2.05, 4.69) is 26.0 Å². The lowest BCUT2D eigenvalue weighted by Crippen LogP contribution is -2.36. The van der Waals surface area contributed by atoms with Gasteiger partial charge in [0.25, 0.3) is 0 Å². The van der Waals surface area contributed by atoms with Crippen LogP contribution in [0.4, 0.5) is 0 Å². The molecule has 3 fully saturated rings. The molecule has 3 saturated carbocycles. The van der Waals surface area contributed by atoms with Gasteiger partial charge in [0.15, 0.2) is 0 Å². The Bertz CT molecular complexity index is 633. The minimum absolute atomic E-state index is 0.361. The second-order valence-electron chi connectivity index (χ2n) is 10.4. The van der Waals surface area contributed by atoms with Crippen molar-refractivity contribution in [2.75, 3.05) is 6.54 Å². The fourth-order valence-corrected chi connectivity index (χ4v) is 6.74. The van der Waals surface area contributed by atoms with Crippen LogP contribution < -0.4 is 0 Å². The topological polar surface area (TPSA) is 81.0 Å². The summed E-state index contributed by atoms with van der Waals surface area (Å²) in [4.78, 5) is 10.5. The normalized spacial score (nSPS) is 36.4. The number of amides is 1. The number of carbonyl (C=O) groups is 1. The molecule has 5 nitrogen and oxygen atoms in total. The number of aliphatic hydroxyl groups is 2. The summed E-state index contributed by atoms with van der Waals surface area (Å²) in [7, 11) is 0. The molecule has 0 spiro atoms. The lowest BCUT2D eigenvalue weighted by molar-refractivity contribution is -0.149. The first kappa shape index (κ1) is 23.5. The van der Waals surface area contributed by atoms with Crippen LogP contribution in [0.15, 0.2) is 23.3 Å². The van der Waals surface area contributed by atoms with Crippen LogP contribution in [0.2, 0.25) is 0 Å². The van der Waals surface area contributed by atoms with Gasteiger partial charge in [0.2, 0.25) is 6.41 Å². The van der Waals surface area contributed by atoms with Crippen LogP contribution in [0.25, 0.3) is 0 Å². The molecule has 0 aromatic carbocycles. The summed E-state index contributed by atoms with van der Waals surface area (Å²) >= 11 is 0. The summed E-state index contributed by atoms with van der Waals surface area (Å²) in [5.74, 6) is 2.04. The number of aliphatic hydroxyl groups excluding tert-OH is 2. The van der Waals surface area contributed by atoms with Gasteiger partial charge < -0.3 is 10.2 Å². The number of allylic oxidation sites excluding steroid dienone is 3. The van der Waals surface area contributed by atoms with E-state index in [-0.39, 0.29) is 0 Å². The number of hydroxylamine groups is 2. The van der Waals surface area contributed by atoms with Crippen molar-refractivity contribution < 1.29 is 20.2 Å². The van der Waals surface area contributed by atoms with Gasteiger partial charge in [-0.1, -0.05) is 50.0 Å². The van der Waals surface area contributed by atoms with Crippen LogP contribution in [0.5, 0.6) is 0 Å². The number of carbonyl (C=O) groups excluding carboxylic acids is 1. The van der Waals surface area contributed by atoms with Gasteiger partial charge in [-0.25, -0.2) is 5.06 Å². The standard InChI is InChI=1S/C25H41NO4/c1-18(6-3-4-13-26(30)17-27)23-10-11-24-20(7-5-12-25(23,24)2)9-8-19-14-21(28)16-22(29)15-19/h8-9,17-18,21-24,28-30H,3-7,10-16H2,1-2H3/b20-9+/t18-,21-,22-,23-,24+,25-/m1/s1. The van der Waals surface area contributed by atoms with Gasteiger partial charge in [-0.2, -0.15) is 0 Å². The predicted octanol–water partition coefficient (Wildman–Crippen LogP) is 4.62. The van der Waals surface area contributed by atoms with Crippen molar-refractivity contribution in [3.63, 3.8) is 0 Å². The number of hydrogen-bond donors (Lipinski definition) is 3. The smallest absolute Gasteiger partial charge is 0.233 e. The molecule has 0 radical (unpaired) electrons. The van der Waals surface area contributed by atoms with Gasteiger partial charge in [-0.15, -0.1) is 0 Å². The lowest BCUT2D eigenvalue weighted by Gasteiger charge is -2.44. The van der Waals surface area contributed by atoms with Crippen molar-refractivity contribution in [3.05, 3.63) is 23.3 Å². The highest BCUT2D eigenvalue weighted by Crippen LogP contribution is 2.59. The van der Waals surface area contributed by atoms with Gasteiger partial charge in [-0.05, 0) is 81.0 Å². The third-order valence-electron chi connectivity index (χ3n) is 8.22. The molecule has 3 rings (SSSR count). The van der Waals surface area contributed by atoms with Crippen molar-refractivity contribution in [1.82, 2.24) is 5.06 Å². The lowest BCUT2D eigenvalue weighted by atomic mass is 9.60. The summed E-state index contributed by atoms with van der Waals surface area (Å²) in [5, 5.41) is 29.9. The summed E-state index contributed by atoms with van der Waals surface area (Å²) in [6.07, 6.45) is 15.4. The molecule has 170 valence electrons. The zero-order chi connectivity index (χ0) is 21.7. The Morgan fingerprint density at radius 3 is 2.60 bits per heavy atom.